The van der Waals surface area contributed by atoms with Crippen LogP contribution in [0.15, 0.2) is 29.3 Å². The Kier molecular flexibility index (Phi) is 8.66. The Morgan fingerprint density at radius 3 is 2.65 bits per heavy atom. The number of hydrogen-bond acceptors (Lipinski definition) is 3. The second-order valence-corrected chi connectivity index (χ2v) is 7.82. The third kappa shape index (κ3) is 6.01. The summed E-state index contributed by atoms with van der Waals surface area (Å²) in [7, 11) is 0. The van der Waals surface area contributed by atoms with Gasteiger partial charge in [0, 0.05) is 23.9 Å². The molecule has 1 heterocycles. The summed E-state index contributed by atoms with van der Waals surface area (Å²) < 4.78 is 6.11. The molecule has 0 aromatic heterocycles. The fraction of sp³-hybridized carbons (Fsp3) is 0.650. The van der Waals surface area contributed by atoms with Crippen molar-refractivity contribution in [3.8, 4) is 5.75 Å². The summed E-state index contributed by atoms with van der Waals surface area (Å²) in [5.74, 6) is 1.72. The lowest BCUT2D eigenvalue weighted by molar-refractivity contribution is 0.0693. The standard InChI is InChI=1S/C20H33N3O2.HI/c1-6-20(5,14-24)13-22-18(21-7-2)23-16-12-19(3,4)25-17-11-9-8-10-15(16)17;/h8-11,16,24H,6-7,12-14H2,1-5H3,(H2,21,22,23);1H. The summed E-state index contributed by atoms with van der Waals surface area (Å²) in [6.07, 6.45) is 1.75. The van der Waals surface area contributed by atoms with Gasteiger partial charge in [-0.2, -0.15) is 0 Å². The fourth-order valence-corrected chi connectivity index (χ4v) is 2.96. The molecule has 1 aliphatic rings. The highest BCUT2D eigenvalue weighted by atomic mass is 127. The van der Waals surface area contributed by atoms with E-state index in [0.717, 1.165) is 36.7 Å². The molecule has 5 nitrogen and oxygen atoms in total. The first-order valence-electron chi connectivity index (χ1n) is 9.26. The molecule has 6 heteroatoms. The van der Waals surface area contributed by atoms with E-state index in [1.54, 1.807) is 0 Å². The second kappa shape index (κ2) is 9.78. The third-order valence-corrected chi connectivity index (χ3v) is 4.89. The number of halogens is 1. The van der Waals surface area contributed by atoms with Crippen LogP contribution in [-0.2, 0) is 0 Å². The van der Waals surface area contributed by atoms with Gasteiger partial charge in [-0.15, -0.1) is 24.0 Å². The van der Waals surface area contributed by atoms with Crippen molar-refractivity contribution in [2.45, 2.75) is 59.1 Å². The highest BCUT2D eigenvalue weighted by molar-refractivity contribution is 14.0. The Hall–Kier alpha value is -1.02. The van der Waals surface area contributed by atoms with Crippen molar-refractivity contribution >= 4 is 29.9 Å². The van der Waals surface area contributed by atoms with Crippen molar-refractivity contribution in [3.05, 3.63) is 29.8 Å². The maximum atomic E-state index is 9.62. The quantitative estimate of drug-likeness (QED) is 0.332. The number of hydrogen-bond donors (Lipinski definition) is 3. The van der Waals surface area contributed by atoms with Gasteiger partial charge in [-0.1, -0.05) is 32.0 Å². The number of rotatable bonds is 6. The molecule has 1 aliphatic heterocycles. The third-order valence-electron chi connectivity index (χ3n) is 4.89. The van der Waals surface area contributed by atoms with Crippen molar-refractivity contribution in [3.63, 3.8) is 0 Å². The number of nitrogens with one attached hydrogen (secondary N) is 2. The van der Waals surface area contributed by atoms with Crippen LogP contribution in [0, 0.1) is 5.41 Å². The van der Waals surface area contributed by atoms with E-state index in [-0.39, 0.29) is 47.6 Å². The molecule has 0 spiro atoms. The molecule has 0 radical (unpaired) electrons. The van der Waals surface area contributed by atoms with Gasteiger partial charge < -0.3 is 20.5 Å². The minimum absolute atomic E-state index is 0. The van der Waals surface area contributed by atoms with Crippen molar-refractivity contribution in [2.75, 3.05) is 19.7 Å². The molecule has 3 N–H and O–H groups in total. The van der Waals surface area contributed by atoms with Crippen LogP contribution >= 0.6 is 24.0 Å². The number of nitrogens with zero attached hydrogens (tertiary/aromatic N) is 1. The summed E-state index contributed by atoms with van der Waals surface area (Å²) in [5, 5.41) is 16.5. The maximum Gasteiger partial charge on any atom is 0.191 e. The Morgan fingerprint density at radius 1 is 1.35 bits per heavy atom. The number of fused-ring (bicyclic) bond motifs is 1. The average molecular weight is 475 g/mol. The van der Waals surface area contributed by atoms with Crippen molar-refractivity contribution in [2.24, 2.45) is 10.4 Å². The van der Waals surface area contributed by atoms with Crippen molar-refractivity contribution < 1.29 is 9.84 Å². The van der Waals surface area contributed by atoms with Crippen molar-refractivity contribution in [1.82, 2.24) is 10.6 Å². The van der Waals surface area contributed by atoms with E-state index < -0.39 is 0 Å². The largest absolute Gasteiger partial charge is 0.487 e. The first kappa shape index (κ1) is 23.0. The van der Waals surface area contributed by atoms with Crippen LogP contribution in [0.3, 0.4) is 0 Å². The number of para-hydroxylation sites is 1. The molecular formula is C20H34IN3O2. The van der Waals surface area contributed by atoms with E-state index in [4.69, 9.17) is 9.73 Å². The zero-order valence-corrected chi connectivity index (χ0v) is 19.0. The zero-order valence-electron chi connectivity index (χ0n) is 16.6. The summed E-state index contributed by atoms with van der Waals surface area (Å²) in [4.78, 5) is 4.74. The number of aliphatic hydroxyl groups excluding tert-OH is 1. The first-order chi connectivity index (χ1) is 11.8. The summed E-state index contributed by atoms with van der Waals surface area (Å²) in [6.45, 7) is 12.0. The van der Waals surface area contributed by atoms with Crippen LogP contribution in [0.5, 0.6) is 5.75 Å². The summed E-state index contributed by atoms with van der Waals surface area (Å²) >= 11 is 0. The van der Waals surface area contributed by atoms with E-state index in [2.05, 4.69) is 51.3 Å². The van der Waals surface area contributed by atoms with E-state index in [9.17, 15) is 5.11 Å². The number of benzene rings is 1. The van der Waals surface area contributed by atoms with E-state index >= 15 is 0 Å². The number of aliphatic imine (C=N–C) groups is 1. The van der Waals surface area contributed by atoms with Gasteiger partial charge in [-0.25, -0.2) is 0 Å². The van der Waals surface area contributed by atoms with Gasteiger partial charge in [0.15, 0.2) is 5.96 Å². The van der Waals surface area contributed by atoms with Gasteiger partial charge in [0.2, 0.25) is 0 Å². The van der Waals surface area contributed by atoms with Crippen LogP contribution < -0.4 is 15.4 Å². The number of guanidine groups is 1. The molecule has 2 unspecified atom stereocenters. The Bertz CT molecular complexity index is 600. The lowest BCUT2D eigenvalue weighted by Gasteiger charge is -2.38. The molecule has 0 amide bonds. The van der Waals surface area contributed by atoms with Crippen LogP contribution in [0.4, 0.5) is 0 Å². The maximum absolute atomic E-state index is 9.62. The Morgan fingerprint density at radius 2 is 2.04 bits per heavy atom. The van der Waals surface area contributed by atoms with Gasteiger partial charge >= 0.3 is 0 Å². The normalized spacial score (nSPS) is 20.8. The SMILES string of the molecule is CCNC(=NCC(C)(CC)CO)NC1CC(C)(C)Oc2ccccc21.I. The molecule has 2 rings (SSSR count). The van der Waals surface area contributed by atoms with Crippen molar-refractivity contribution in [1.29, 1.82) is 0 Å². The lowest BCUT2D eigenvalue weighted by atomic mass is 9.89. The molecule has 1 aromatic carbocycles. The second-order valence-electron chi connectivity index (χ2n) is 7.82. The lowest BCUT2D eigenvalue weighted by Crippen LogP contribution is -2.45. The predicted octanol–water partition coefficient (Wildman–Crippen LogP) is 3.87. The monoisotopic (exact) mass is 475 g/mol. The summed E-state index contributed by atoms with van der Waals surface area (Å²) in [5.41, 5.74) is 0.745. The van der Waals surface area contributed by atoms with E-state index in [1.165, 1.54) is 0 Å². The first-order valence-corrected chi connectivity index (χ1v) is 9.26. The van der Waals surface area contributed by atoms with Gasteiger partial charge in [0.05, 0.1) is 19.2 Å². The highest BCUT2D eigenvalue weighted by Crippen LogP contribution is 2.39. The number of aliphatic hydroxyl groups is 1. The molecule has 0 saturated carbocycles. The molecule has 0 aliphatic carbocycles. The average Bonchev–Trinajstić information content (AvgIpc) is 2.58. The van der Waals surface area contributed by atoms with Crippen LogP contribution in [0.1, 0.15) is 59.1 Å². The molecule has 2 atom stereocenters. The smallest absolute Gasteiger partial charge is 0.191 e. The Balaban J connectivity index is 0.00000338. The molecule has 148 valence electrons. The van der Waals surface area contributed by atoms with Crippen LogP contribution in [0.2, 0.25) is 0 Å². The van der Waals surface area contributed by atoms with Gasteiger partial charge in [0.1, 0.15) is 11.4 Å². The molecule has 0 fully saturated rings. The molecule has 0 bridgehead atoms. The van der Waals surface area contributed by atoms with Crippen LogP contribution in [-0.4, -0.2) is 36.4 Å². The number of ether oxygens (including phenoxy) is 1. The molecular weight excluding hydrogens is 441 g/mol. The molecule has 0 saturated heterocycles. The minimum Gasteiger partial charge on any atom is -0.487 e. The predicted molar refractivity (Wildman–Crippen MR) is 119 cm³/mol. The molecule has 1 aromatic rings. The van der Waals surface area contributed by atoms with E-state index in [1.807, 2.05) is 18.2 Å². The summed E-state index contributed by atoms with van der Waals surface area (Å²) in [6, 6.07) is 8.31. The zero-order chi connectivity index (χ0) is 18.5. The fourth-order valence-electron chi connectivity index (χ4n) is 2.96. The van der Waals surface area contributed by atoms with Gasteiger partial charge in [-0.3, -0.25) is 4.99 Å². The van der Waals surface area contributed by atoms with E-state index in [0.29, 0.717) is 6.54 Å². The van der Waals surface area contributed by atoms with Gasteiger partial charge in [-0.05, 0) is 33.3 Å². The minimum atomic E-state index is -0.230. The highest BCUT2D eigenvalue weighted by Gasteiger charge is 2.34. The van der Waals surface area contributed by atoms with Gasteiger partial charge in [0.25, 0.3) is 0 Å². The van der Waals surface area contributed by atoms with Crippen LogP contribution in [0.25, 0.3) is 0 Å². The topological polar surface area (TPSA) is 65.9 Å². The Labute approximate surface area is 175 Å². The molecule has 26 heavy (non-hydrogen) atoms.